The van der Waals surface area contributed by atoms with E-state index in [4.69, 9.17) is 0 Å². The van der Waals surface area contributed by atoms with Gasteiger partial charge in [0, 0.05) is 21.5 Å². The van der Waals surface area contributed by atoms with Gasteiger partial charge in [-0.3, -0.25) is 0 Å². The number of fused-ring (bicyclic) bond motifs is 1. The number of hydrogen-bond acceptors (Lipinski definition) is 4. The number of thiophene rings is 1. The molecule has 1 saturated heterocycles. The van der Waals surface area contributed by atoms with Gasteiger partial charge in [-0.2, -0.15) is 0 Å². The molecule has 1 fully saturated rings. The van der Waals surface area contributed by atoms with E-state index < -0.39 is 0 Å². The first-order valence-corrected chi connectivity index (χ1v) is 10.8. The summed E-state index contributed by atoms with van der Waals surface area (Å²) in [4.78, 5) is 3.96. The molecule has 142 valence electrons. The molecule has 3 nitrogen and oxygen atoms in total. The van der Waals surface area contributed by atoms with Gasteiger partial charge in [0.25, 0.3) is 0 Å². The number of hydrogen-bond donors (Lipinski definition) is 2. The molecule has 0 unspecified atom stereocenters. The summed E-state index contributed by atoms with van der Waals surface area (Å²) >= 11 is 1.87. The van der Waals surface area contributed by atoms with Crippen molar-refractivity contribution in [2.24, 2.45) is 0 Å². The maximum atomic E-state index is 9.69. The SMILES string of the molecule is Cc1sc2ccccc2c1NCCCN1CCC(c2cccc(O)c2)CC1. The van der Waals surface area contributed by atoms with Crippen LogP contribution in [-0.4, -0.2) is 36.2 Å². The predicted molar refractivity (Wildman–Crippen MR) is 116 cm³/mol. The molecular weight excluding hydrogens is 352 g/mol. The molecule has 0 saturated carbocycles. The molecule has 0 radical (unpaired) electrons. The summed E-state index contributed by atoms with van der Waals surface area (Å²) in [5, 5.41) is 14.7. The van der Waals surface area contributed by atoms with E-state index in [9.17, 15) is 5.11 Å². The van der Waals surface area contributed by atoms with Gasteiger partial charge in [0.2, 0.25) is 0 Å². The predicted octanol–water partition coefficient (Wildman–Crippen LogP) is 5.60. The van der Waals surface area contributed by atoms with Crippen molar-refractivity contribution >= 4 is 27.1 Å². The van der Waals surface area contributed by atoms with Crippen molar-refractivity contribution < 1.29 is 5.11 Å². The van der Waals surface area contributed by atoms with Gasteiger partial charge in [0.05, 0.1) is 5.69 Å². The van der Waals surface area contributed by atoms with Crippen molar-refractivity contribution in [3.8, 4) is 5.75 Å². The normalized spacial score (nSPS) is 16.0. The number of piperidine rings is 1. The summed E-state index contributed by atoms with van der Waals surface area (Å²) < 4.78 is 1.37. The van der Waals surface area contributed by atoms with Crippen LogP contribution in [0.1, 0.15) is 35.6 Å². The molecule has 0 bridgehead atoms. The molecule has 0 spiro atoms. The second kappa shape index (κ2) is 8.32. The zero-order valence-electron chi connectivity index (χ0n) is 15.9. The van der Waals surface area contributed by atoms with E-state index in [1.54, 1.807) is 6.07 Å². The van der Waals surface area contributed by atoms with Gasteiger partial charge in [0.15, 0.2) is 0 Å². The van der Waals surface area contributed by atoms with Crippen LogP contribution in [0.3, 0.4) is 0 Å². The first-order chi connectivity index (χ1) is 13.2. The van der Waals surface area contributed by atoms with Gasteiger partial charge >= 0.3 is 0 Å². The maximum Gasteiger partial charge on any atom is 0.115 e. The highest BCUT2D eigenvalue weighted by atomic mass is 32.1. The molecule has 3 aromatic rings. The van der Waals surface area contributed by atoms with E-state index in [0.29, 0.717) is 11.7 Å². The Balaban J connectivity index is 1.23. The summed E-state index contributed by atoms with van der Waals surface area (Å²) in [7, 11) is 0. The number of aromatic hydroxyl groups is 1. The van der Waals surface area contributed by atoms with Crippen molar-refractivity contribution in [2.45, 2.75) is 32.1 Å². The minimum Gasteiger partial charge on any atom is -0.508 e. The number of nitrogens with zero attached hydrogens (tertiary/aromatic N) is 1. The van der Waals surface area contributed by atoms with Crippen molar-refractivity contribution in [3.63, 3.8) is 0 Å². The number of aryl methyl sites for hydroxylation is 1. The smallest absolute Gasteiger partial charge is 0.115 e. The van der Waals surface area contributed by atoms with Crippen LogP contribution in [0, 0.1) is 6.92 Å². The van der Waals surface area contributed by atoms with E-state index in [1.807, 2.05) is 23.5 Å². The van der Waals surface area contributed by atoms with Crippen LogP contribution in [0.25, 0.3) is 10.1 Å². The molecule has 4 heteroatoms. The van der Waals surface area contributed by atoms with Crippen molar-refractivity contribution in [2.75, 3.05) is 31.5 Å². The minimum atomic E-state index is 0.386. The number of likely N-dealkylation sites (tertiary alicyclic amines) is 1. The molecule has 1 aliphatic heterocycles. The lowest BCUT2D eigenvalue weighted by Crippen LogP contribution is -2.34. The van der Waals surface area contributed by atoms with Crippen molar-refractivity contribution in [3.05, 3.63) is 59.0 Å². The standard InChI is InChI=1S/C23H28N2OS/c1-17-23(21-8-2-3-9-22(21)27-17)24-12-5-13-25-14-10-18(11-15-25)19-6-4-7-20(26)16-19/h2-4,6-9,16,18,24,26H,5,10-15H2,1H3. The molecule has 0 amide bonds. The summed E-state index contributed by atoms with van der Waals surface area (Å²) in [6, 6.07) is 16.4. The fraction of sp³-hybridized carbons (Fsp3) is 0.391. The summed E-state index contributed by atoms with van der Waals surface area (Å²) in [6.07, 6.45) is 3.54. The molecule has 4 rings (SSSR count). The Morgan fingerprint density at radius 3 is 2.74 bits per heavy atom. The minimum absolute atomic E-state index is 0.386. The number of phenolic OH excluding ortho intramolecular Hbond substituents is 1. The average molecular weight is 381 g/mol. The van der Waals surface area contributed by atoms with E-state index in [1.165, 1.54) is 45.5 Å². The Hall–Kier alpha value is -2.04. The van der Waals surface area contributed by atoms with Crippen LogP contribution in [0.4, 0.5) is 5.69 Å². The van der Waals surface area contributed by atoms with Gasteiger partial charge < -0.3 is 15.3 Å². The van der Waals surface area contributed by atoms with Crippen LogP contribution in [0.5, 0.6) is 5.75 Å². The third-order valence-corrected chi connectivity index (χ3v) is 6.74. The highest BCUT2D eigenvalue weighted by Crippen LogP contribution is 2.35. The maximum absolute atomic E-state index is 9.69. The first-order valence-electron chi connectivity index (χ1n) is 9.94. The molecule has 2 aromatic carbocycles. The van der Waals surface area contributed by atoms with Crippen LogP contribution < -0.4 is 5.32 Å². The van der Waals surface area contributed by atoms with E-state index in [2.05, 4.69) is 47.5 Å². The quantitative estimate of drug-likeness (QED) is 0.547. The highest BCUT2D eigenvalue weighted by molar-refractivity contribution is 7.19. The third kappa shape index (κ3) is 4.28. The molecule has 1 aliphatic rings. The lowest BCUT2D eigenvalue weighted by molar-refractivity contribution is 0.212. The number of rotatable bonds is 6. The third-order valence-electron chi connectivity index (χ3n) is 5.65. The van der Waals surface area contributed by atoms with Crippen LogP contribution in [0.2, 0.25) is 0 Å². The van der Waals surface area contributed by atoms with Crippen LogP contribution in [0.15, 0.2) is 48.5 Å². The molecule has 1 aromatic heterocycles. The number of nitrogens with one attached hydrogen (secondary N) is 1. The van der Waals surface area contributed by atoms with Crippen LogP contribution >= 0.6 is 11.3 Å². The lowest BCUT2D eigenvalue weighted by atomic mass is 9.89. The molecule has 0 atom stereocenters. The monoisotopic (exact) mass is 380 g/mol. The first kappa shape index (κ1) is 18.3. The Kier molecular flexibility index (Phi) is 5.65. The van der Waals surface area contributed by atoms with Gasteiger partial charge in [0.1, 0.15) is 5.75 Å². The Labute approximate surface area is 165 Å². The summed E-state index contributed by atoms with van der Waals surface area (Å²) in [5.41, 5.74) is 2.61. The van der Waals surface area contributed by atoms with Gasteiger partial charge in [-0.1, -0.05) is 30.3 Å². The fourth-order valence-corrected chi connectivity index (χ4v) is 5.21. The average Bonchev–Trinajstić information content (AvgIpc) is 3.01. The zero-order chi connectivity index (χ0) is 18.6. The van der Waals surface area contributed by atoms with Crippen LogP contribution in [-0.2, 0) is 0 Å². The number of anilines is 1. The Bertz CT molecular complexity index is 896. The summed E-state index contributed by atoms with van der Waals surface area (Å²) in [5.74, 6) is 0.976. The largest absolute Gasteiger partial charge is 0.508 e. The molecule has 0 aliphatic carbocycles. The fourth-order valence-electron chi connectivity index (χ4n) is 4.17. The van der Waals surface area contributed by atoms with Crippen molar-refractivity contribution in [1.29, 1.82) is 0 Å². The van der Waals surface area contributed by atoms with Crippen molar-refractivity contribution in [1.82, 2.24) is 4.90 Å². The zero-order valence-corrected chi connectivity index (χ0v) is 16.8. The number of phenols is 1. The highest BCUT2D eigenvalue weighted by Gasteiger charge is 2.20. The van der Waals surface area contributed by atoms with E-state index >= 15 is 0 Å². The van der Waals surface area contributed by atoms with E-state index in [-0.39, 0.29) is 0 Å². The Morgan fingerprint density at radius 2 is 1.93 bits per heavy atom. The second-order valence-electron chi connectivity index (χ2n) is 7.52. The Morgan fingerprint density at radius 1 is 1.11 bits per heavy atom. The summed E-state index contributed by atoms with van der Waals surface area (Å²) in [6.45, 7) is 6.69. The molecule has 2 heterocycles. The number of benzene rings is 2. The van der Waals surface area contributed by atoms with E-state index in [0.717, 1.165) is 26.2 Å². The van der Waals surface area contributed by atoms with Gasteiger partial charge in [-0.25, -0.2) is 0 Å². The lowest BCUT2D eigenvalue weighted by Gasteiger charge is -2.32. The molecular formula is C23H28N2OS. The van der Waals surface area contributed by atoms with Gasteiger partial charge in [-0.15, -0.1) is 11.3 Å². The second-order valence-corrected chi connectivity index (χ2v) is 8.78. The molecule has 27 heavy (non-hydrogen) atoms. The topological polar surface area (TPSA) is 35.5 Å². The molecule has 2 N–H and O–H groups in total. The van der Waals surface area contributed by atoms with Gasteiger partial charge in [-0.05, 0) is 75.5 Å².